The zero-order valence-corrected chi connectivity index (χ0v) is 11.3. The summed E-state index contributed by atoms with van der Waals surface area (Å²) in [4.78, 5) is 6.62. The molecule has 0 bridgehead atoms. The lowest BCUT2D eigenvalue weighted by atomic mass is 10.2. The van der Waals surface area contributed by atoms with Crippen LogP contribution in [0.15, 0.2) is 12.3 Å². The summed E-state index contributed by atoms with van der Waals surface area (Å²) in [5, 5.41) is 4.24. The van der Waals surface area contributed by atoms with Crippen LogP contribution in [0.25, 0.3) is 0 Å². The first-order chi connectivity index (χ1) is 8.24. The van der Waals surface area contributed by atoms with Crippen LogP contribution in [0.2, 0.25) is 5.02 Å². The second-order valence-corrected chi connectivity index (χ2v) is 4.87. The lowest BCUT2D eigenvalue weighted by Gasteiger charge is -2.20. The fraction of sp³-hybridized carbons (Fsp3) is 0.615. The standard InChI is InChI=1S/C13H20ClN3/c1-3-17(4-2)13-7-10(12(14)9-16-13)8-15-11-5-6-11/h7,9,11,15H,3-6,8H2,1-2H3. The smallest absolute Gasteiger partial charge is 0.128 e. The molecule has 0 amide bonds. The molecule has 0 spiro atoms. The minimum atomic E-state index is 0.705. The quantitative estimate of drug-likeness (QED) is 0.845. The normalized spacial score (nSPS) is 15.0. The van der Waals surface area contributed by atoms with Gasteiger partial charge < -0.3 is 10.2 Å². The minimum absolute atomic E-state index is 0.705. The zero-order chi connectivity index (χ0) is 12.3. The summed E-state index contributed by atoms with van der Waals surface area (Å²) >= 11 is 6.17. The maximum atomic E-state index is 6.17. The van der Waals surface area contributed by atoms with Gasteiger partial charge >= 0.3 is 0 Å². The van der Waals surface area contributed by atoms with Crippen molar-refractivity contribution in [3.05, 3.63) is 22.8 Å². The Labute approximate surface area is 108 Å². The number of halogens is 1. The Bertz CT molecular complexity index is 373. The Morgan fingerprint density at radius 2 is 2.12 bits per heavy atom. The second kappa shape index (κ2) is 5.69. The summed E-state index contributed by atoms with van der Waals surface area (Å²) in [5.41, 5.74) is 1.15. The van der Waals surface area contributed by atoms with Crippen molar-refractivity contribution in [3.8, 4) is 0 Å². The molecule has 0 aromatic carbocycles. The van der Waals surface area contributed by atoms with Crippen LogP contribution in [0.1, 0.15) is 32.3 Å². The van der Waals surface area contributed by atoms with Gasteiger partial charge in [0.15, 0.2) is 0 Å². The van der Waals surface area contributed by atoms with E-state index in [2.05, 4.69) is 35.1 Å². The SMILES string of the molecule is CCN(CC)c1cc(CNC2CC2)c(Cl)cn1. The lowest BCUT2D eigenvalue weighted by Crippen LogP contribution is -2.23. The molecule has 1 N–H and O–H groups in total. The molecular weight excluding hydrogens is 234 g/mol. The average molecular weight is 254 g/mol. The number of rotatable bonds is 6. The molecule has 0 unspecified atom stereocenters. The number of anilines is 1. The van der Waals surface area contributed by atoms with Gasteiger partial charge in [0, 0.05) is 31.9 Å². The predicted octanol–water partition coefficient (Wildman–Crippen LogP) is 2.83. The van der Waals surface area contributed by atoms with Crippen LogP contribution in [-0.2, 0) is 6.54 Å². The molecule has 94 valence electrons. The number of nitrogens with zero attached hydrogens (tertiary/aromatic N) is 2. The van der Waals surface area contributed by atoms with Gasteiger partial charge in [0.05, 0.1) is 5.02 Å². The summed E-state index contributed by atoms with van der Waals surface area (Å²) in [7, 11) is 0. The first kappa shape index (κ1) is 12.7. The van der Waals surface area contributed by atoms with Crippen LogP contribution >= 0.6 is 11.6 Å². The number of hydrogen-bond donors (Lipinski definition) is 1. The van der Waals surface area contributed by atoms with Gasteiger partial charge in [-0.15, -0.1) is 0 Å². The van der Waals surface area contributed by atoms with Gasteiger partial charge in [0.2, 0.25) is 0 Å². The van der Waals surface area contributed by atoms with Gasteiger partial charge in [-0.25, -0.2) is 4.98 Å². The van der Waals surface area contributed by atoms with E-state index in [9.17, 15) is 0 Å². The largest absolute Gasteiger partial charge is 0.357 e. The number of nitrogens with one attached hydrogen (secondary N) is 1. The Morgan fingerprint density at radius 3 is 2.71 bits per heavy atom. The van der Waals surface area contributed by atoms with E-state index >= 15 is 0 Å². The van der Waals surface area contributed by atoms with E-state index in [-0.39, 0.29) is 0 Å². The first-order valence-corrected chi connectivity index (χ1v) is 6.75. The summed E-state index contributed by atoms with van der Waals surface area (Å²) in [6, 6.07) is 2.81. The summed E-state index contributed by atoms with van der Waals surface area (Å²) in [6.07, 6.45) is 4.36. The fourth-order valence-electron chi connectivity index (χ4n) is 1.87. The molecule has 1 fully saturated rings. The number of pyridine rings is 1. The maximum absolute atomic E-state index is 6.17. The van der Waals surface area contributed by atoms with Crippen LogP contribution in [0, 0.1) is 0 Å². The van der Waals surface area contributed by atoms with E-state index in [0.29, 0.717) is 6.04 Å². The molecule has 1 aliphatic rings. The van der Waals surface area contributed by atoms with E-state index in [1.54, 1.807) is 6.20 Å². The Balaban J connectivity index is 2.09. The van der Waals surface area contributed by atoms with Crippen LogP contribution in [0.4, 0.5) is 5.82 Å². The molecular formula is C13H20ClN3. The van der Waals surface area contributed by atoms with Crippen molar-refractivity contribution in [3.63, 3.8) is 0 Å². The summed E-state index contributed by atoms with van der Waals surface area (Å²) < 4.78 is 0. The molecule has 3 nitrogen and oxygen atoms in total. The van der Waals surface area contributed by atoms with Crippen molar-refractivity contribution in [1.29, 1.82) is 0 Å². The van der Waals surface area contributed by atoms with Crippen LogP contribution in [0.3, 0.4) is 0 Å². The van der Waals surface area contributed by atoms with Crippen molar-refractivity contribution in [2.45, 2.75) is 39.3 Å². The number of aromatic nitrogens is 1. The monoisotopic (exact) mass is 253 g/mol. The molecule has 1 saturated carbocycles. The van der Waals surface area contributed by atoms with Crippen LogP contribution in [-0.4, -0.2) is 24.1 Å². The number of hydrogen-bond acceptors (Lipinski definition) is 3. The average Bonchev–Trinajstić information content (AvgIpc) is 3.15. The van der Waals surface area contributed by atoms with Crippen molar-refractivity contribution in [2.75, 3.05) is 18.0 Å². The minimum Gasteiger partial charge on any atom is -0.357 e. The second-order valence-electron chi connectivity index (χ2n) is 4.46. The topological polar surface area (TPSA) is 28.2 Å². The van der Waals surface area contributed by atoms with Crippen LogP contribution in [0.5, 0.6) is 0 Å². The van der Waals surface area contributed by atoms with E-state index in [1.807, 2.05) is 0 Å². The van der Waals surface area contributed by atoms with Gasteiger partial charge in [0.1, 0.15) is 5.82 Å². The van der Waals surface area contributed by atoms with Crippen molar-refractivity contribution >= 4 is 17.4 Å². The third-order valence-corrected chi connectivity index (χ3v) is 3.51. The molecule has 0 atom stereocenters. The summed E-state index contributed by atoms with van der Waals surface area (Å²) in [6.45, 7) is 7.07. The van der Waals surface area contributed by atoms with E-state index in [4.69, 9.17) is 11.6 Å². The first-order valence-electron chi connectivity index (χ1n) is 6.37. The van der Waals surface area contributed by atoms with Gasteiger partial charge in [-0.3, -0.25) is 0 Å². The van der Waals surface area contributed by atoms with E-state index < -0.39 is 0 Å². The highest BCUT2D eigenvalue weighted by Crippen LogP contribution is 2.23. The van der Waals surface area contributed by atoms with Crippen molar-refractivity contribution < 1.29 is 0 Å². The highest BCUT2D eigenvalue weighted by atomic mass is 35.5. The highest BCUT2D eigenvalue weighted by molar-refractivity contribution is 6.31. The Morgan fingerprint density at radius 1 is 1.41 bits per heavy atom. The van der Waals surface area contributed by atoms with Gasteiger partial charge in [0.25, 0.3) is 0 Å². The molecule has 17 heavy (non-hydrogen) atoms. The molecule has 0 radical (unpaired) electrons. The third-order valence-electron chi connectivity index (χ3n) is 3.17. The van der Waals surface area contributed by atoms with E-state index in [1.165, 1.54) is 12.8 Å². The Kier molecular flexibility index (Phi) is 4.24. The van der Waals surface area contributed by atoms with Crippen molar-refractivity contribution in [2.24, 2.45) is 0 Å². The molecule has 0 saturated heterocycles. The maximum Gasteiger partial charge on any atom is 0.128 e. The lowest BCUT2D eigenvalue weighted by molar-refractivity contribution is 0.686. The molecule has 2 rings (SSSR count). The zero-order valence-electron chi connectivity index (χ0n) is 10.5. The van der Waals surface area contributed by atoms with Crippen molar-refractivity contribution in [1.82, 2.24) is 10.3 Å². The molecule has 0 aliphatic heterocycles. The summed E-state index contributed by atoms with van der Waals surface area (Å²) in [5.74, 6) is 1.02. The van der Waals surface area contributed by atoms with Crippen LogP contribution < -0.4 is 10.2 Å². The molecule has 1 aromatic rings. The fourth-order valence-corrected chi connectivity index (χ4v) is 2.04. The van der Waals surface area contributed by atoms with E-state index in [0.717, 1.165) is 36.0 Å². The molecule has 1 aromatic heterocycles. The highest BCUT2D eigenvalue weighted by Gasteiger charge is 2.20. The van der Waals surface area contributed by atoms with Gasteiger partial charge in [-0.2, -0.15) is 0 Å². The van der Waals surface area contributed by atoms with Gasteiger partial charge in [-0.05, 0) is 38.3 Å². The molecule has 1 aliphatic carbocycles. The predicted molar refractivity (Wildman–Crippen MR) is 72.7 cm³/mol. The molecule has 1 heterocycles. The Hall–Kier alpha value is -0.800. The van der Waals surface area contributed by atoms with Gasteiger partial charge in [-0.1, -0.05) is 11.6 Å². The molecule has 4 heteroatoms. The third kappa shape index (κ3) is 3.33.